The molecule has 0 aliphatic rings. The molecule has 0 aromatic rings. The van der Waals surface area contributed by atoms with Crippen LogP contribution in [0.4, 0.5) is 0 Å². The highest BCUT2D eigenvalue weighted by atomic mass is 16.6. The Hall–Kier alpha value is -4.71. The average Bonchev–Trinajstić information content (AvgIpc) is 3.47. The number of allylic oxidation sites excluding steroid dienone is 24. The van der Waals surface area contributed by atoms with Gasteiger partial charge in [-0.25, -0.2) is 0 Å². The van der Waals surface area contributed by atoms with E-state index in [4.69, 9.17) is 14.2 Å². The van der Waals surface area contributed by atoms with Crippen molar-refractivity contribution >= 4 is 17.9 Å². The van der Waals surface area contributed by atoms with Crippen LogP contribution in [0.3, 0.4) is 0 Å². The standard InChI is InChI=1S/C76H124O6/c1-4-7-10-13-16-19-22-24-26-28-30-32-34-36-37-38-39-41-42-44-46-48-50-52-54-57-60-63-66-69-75(78)81-72-73(71-80-74(77)68-65-62-59-56-21-18-15-12-9-6-3)82-76(79)70-67-64-61-58-55-53-51-49-47-45-43-40-35-33-31-29-27-25-23-20-17-14-11-8-5-2/h7-8,10-12,15-17,19-20,24-27,30-33,36-37,40,43,47,49,73H,4-6,9,13-14,18,21-23,28-29,34-35,38-39,41-42,44-46,48,50-72H2,1-3H3/b10-7-,11-8-,15-12-,19-16-,20-17-,26-24-,27-25-,32-30-,33-31-,37-36-,43-40-,49-47-. The minimum Gasteiger partial charge on any atom is -0.462 e. The number of hydrogen-bond acceptors (Lipinski definition) is 6. The molecule has 6 nitrogen and oxygen atoms in total. The van der Waals surface area contributed by atoms with Crippen molar-refractivity contribution in [3.63, 3.8) is 0 Å². The minimum absolute atomic E-state index is 0.0908. The van der Waals surface area contributed by atoms with E-state index in [0.29, 0.717) is 19.3 Å². The van der Waals surface area contributed by atoms with Crippen LogP contribution in [0.2, 0.25) is 0 Å². The molecule has 1 atom stereocenters. The van der Waals surface area contributed by atoms with Gasteiger partial charge in [-0.2, -0.15) is 0 Å². The van der Waals surface area contributed by atoms with Crippen molar-refractivity contribution in [3.05, 3.63) is 146 Å². The predicted molar refractivity (Wildman–Crippen MR) is 357 cm³/mol. The van der Waals surface area contributed by atoms with Crippen LogP contribution < -0.4 is 0 Å². The summed E-state index contributed by atoms with van der Waals surface area (Å²) < 4.78 is 16.9. The second kappa shape index (κ2) is 68.8. The highest BCUT2D eigenvalue weighted by Gasteiger charge is 2.19. The van der Waals surface area contributed by atoms with E-state index in [1.54, 1.807) is 0 Å². The normalized spacial score (nSPS) is 13.1. The highest BCUT2D eigenvalue weighted by Crippen LogP contribution is 2.16. The van der Waals surface area contributed by atoms with Gasteiger partial charge in [-0.05, 0) is 135 Å². The Morgan fingerprint density at radius 2 is 0.476 bits per heavy atom. The van der Waals surface area contributed by atoms with E-state index >= 15 is 0 Å². The number of hydrogen-bond donors (Lipinski definition) is 0. The third-order valence-corrected chi connectivity index (χ3v) is 14.0. The minimum atomic E-state index is -0.796. The van der Waals surface area contributed by atoms with Crippen molar-refractivity contribution in [2.45, 2.75) is 303 Å². The first-order valence-electron chi connectivity index (χ1n) is 33.8. The van der Waals surface area contributed by atoms with Crippen LogP contribution in [-0.4, -0.2) is 37.2 Å². The smallest absolute Gasteiger partial charge is 0.306 e. The number of rotatable bonds is 60. The van der Waals surface area contributed by atoms with Crippen molar-refractivity contribution in [3.8, 4) is 0 Å². The number of carbonyl (C=O) groups excluding carboxylic acids is 3. The average molecular weight is 1130 g/mol. The molecule has 0 amide bonds. The molecule has 0 N–H and O–H groups in total. The summed E-state index contributed by atoms with van der Waals surface area (Å²) in [7, 11) is 0. The highest BCUT2D eigenvalue weighted by molar-refractivity contribution is 5.71. The summed E-state index contributed by atoms with van der Waals surface area (Å²) in [5, 5.41) is 0. The molecule has 0 fully saturated rings. The van der Waals surface area contributed by atoms with E-state index in [-0.39, 0.29) is 31.1 Å². The summed E-state index contributed by atoms with van der Waals surface area (Å²) >= 11 is 0. The zero-order chi connectivity index (χ0) is 59.2. The van der Waals surface area contributed by atoms with Gasteiger partial charge >= 0.3 is 17.9 Å². The Morgan fingerprint density at radius 3 is 0.756 bits per heavy atom. The van der Waals surface area contributed by atoms with Crippen LogP contribution in [0.25, 0.3) is 0 Å². The van der Waals surface area contributed by atoms with E-state index in [1.807, 2.05) is 0 Å². The maximum atomic E-state index is 12.9. The predicted octanol–water partition coefficient (Wildman–Crippen LogP) is 23.5. The fraction of sp³-hybridized carbons (Fsp3) is 0.645. The van der Waals surface area contributed by atoms with Gasteiger partial charge in [0.1, 0.15) is 13.2 Å². The Labute approximate surface area is 506 Å². The fourth-order valence-electron chi connectivity index (χ4n) is 9.06. The number of unbranched alkanes of at least 4 members (excludes halogenated alkanes) is 25. The van der Waals surface area contributed by atoms with Gasteiger partial charge in [-0.3, -0.25) is 14.4 Å². The molecule has 6 heteroatoms. The van der Waals surface area contributed by atoms with E-state index in [9.17, 15) is 14.4 Å². The quantitative estimate of drug-likeness (QED) is 0.0261. The van der Waals surface area contributed by atoms with Gasteiger partial charge in [-0.15, -0.1) is 0 Å². The summed E-state index contributed by atoms with van der Waals surface area (Å²) in [6, 6.07) is 0. The van der Waals surface area contributed by atoms with Gasteiger partial charge in [0.05, 0.1) is 0 Å². The van der Waals surface area contributed by atoms with Crippen molar-refractivity contribution in [2.75, 3.05) is 13.2 Å². The Bertz CT molecular complexity index is 1780. The van der Waals surface area contributed by atoms with Crippen LogP contribution in [0, 0.1) is 0 Å². The van der Waals surface area contributed by atoms with Crippen LogP contribution in [0.1, 0.15) is 297 Å². The molecule has 1 unspecified atom stereocenters. The fourth-order valence-corrected chi connectivity index (χ4v) is 9.06. The Balaban J connectivity index is 4.27. The van der Waals surface area contributed by atoms with E-state index in [2.05, 4.69) is 167 Å². The lowest BCUT2D eigenvalue weighted by Gasteiger charge is -2.18. The third-order valence-electron chi connectivity index (χ3n) is 14.0. The lowest BCUT2D eigenvalue weighted by atomic mass is 10.0. The number of esters is 3. The molecule has 0 radical (unpaired) electrons. The molecular weight excluding hydrogens is 1010 g/mol. The Kier molecular flexibility index (Phi) is 64.8. The first-order valence-corrected chi connectivity index (χ1v) is 33.8. The Morgan fingerprint density at radius 1 is 0.256 bits per heavy atom. The SMILES string of the molecule is CC/C=C\C/C=C\C/C=C\C/C=C\C/C=C\C/C=C\CCCCCCCCC(=O)OC(COC(=O)CCCCCCC/C=C\CCC)COC(=O)CCCCCCCCCCCCCCC/C=C\C/C=C\C/C=C\C/C=C\C/C=C\CC. The van der Waals surface area contributed by atoms with E-state index in [0.717, 1.165) is 161 Å². The summed E-state index contributed by atoms with van der Waals surface area (Å²) in [6.45, 7) is 6.34. The van der Waals surface area contributed by atoms with Crippen LogP contribution >= 0.6 is 0 Å². The van der Waals surface area contributed by atoms with Crippen molar-refractivity contribution in [2.24, 2.45) is 0 Å². The maximum Gasteiger partial charge on any atom is 0.306 e. The molecule has 0 aromatic heterocycles. The van der Waals surface area contributed by atoms with Gasteiger partial charge in [0, 0.05) is 19.3 Å². The topological polar surface area (TPSA) is 78.9 Å². The van der Waals surface area contributed by atoms with Gasteiger partial charge < -0.3 is 14.2 Å². The van der Waals surface area contributed by atoms with E-state index < -0.39 is 6.10 Å². The second-order valence-corrected chi connectivity index (χ2v) is 22.0. The van der Waals surface area contributed by atoms with Gasteiger partial charge in [-0.1, -0.05) is 289 Å². The van der Waals surface area contributed by atoms with Crippen molar-refractivity contribution in [1.29, 1.82) is 0 Å². The summed E-state index contributed by atoms with van der Waals surface area (Å²) in [5.74, 6) is -0.915. The first kappa shape index (κ1) is 77.3. The van der Waals surface area contributed by atoms with Crippen LogP contribution in [-0.2, 0) is 28.6 Å². The van der Waals surface area contributed by atoms with Crippen molar-refractivity contribution < 1.29 is 28.6 Å². The zero-order valence-corrected chi connectivity index (χ0v) is 53.2. The first-order chi connectivity index (χ1) is 40.5. The third kappa shape index (κ3) is 66.1. The molecular formula is C76H124O6. The molecule has 464 valence electrons. The van der Waals surface area contributed by atoms with Gasteiger partial charge in [0.2, 0.25) is 0 Å². The molecule has 0 aromatic carbocycles. The molecule has 0 aliphatic carbocycles. The van der Waals surface area contributed by atoms with Gasteiger partial charge in [0.15, 0.2) is 6.10 Å². The molecule has 0 rings (SSSR count). The van der Waals surface area contributed by atoms with Crippen LogP contribution in [0.15, 0.2) is 146 Å². The van der Waals surface area contributed by atoms with Gasteiger partial charge in [0.25, 0.3) is 0 Å². The zero-order valence-electron chi connectivity index (χ0n) is 53.2. The maximum absolute atomic E-state index is 12.9. The molecule has 0 saturated heterocycles. The molecule has 0 heterocycles. The molecule has 0 bridgehead atoms. The lowest BCUT2D eigenvalue weighted by Crippen LogP contribution is -2.30. The molecule has 82 heavy (non-hydrogen) atoms. The van der Waals surface area contributed by atoms with Crippen molar-refractivity contribution in [1.82, 2.24) is 0 Å². The van der Waals surface area contributed by atoms with E-state index in [1.165, 1.54) is 96.3 Å². The molecule has 0 saturated carbocycles. The number of ether oxygens (including phenoxy) is 3. The molecule has 0 aliphatic heterocycles. The number of carbonyl (C=O) groups is 3. The van der Waals surface area contributed by atoms with Crippen LogP contribution in [0.5, 0.6) is 0 Å². The summed E-state index contributed by atoms with van der Waals surface area (Å²) in [6.07, 6.45) is 98.7. The largest absolute Gasteiger partial charge is 0.462 e. The lowest BCUT2D eigenvalue weighted by molar-refractivity contribution is -0.167. The monoisotopic (exact) mass is 1130 g/mol. The summed E-state index contributed by atoms with van der Waals surface area (Å²) in [4.78, 5) is 38.3. The second-order valence-electron chi connectivity index (χ2n) is 22.0. The molecule has 0 spiro atoms. The summed E-state index contributed by atoms with van der Waals surface area (Å²) in [5.41, 5.74) is 0.